The molecule has 2 saturated carbocycles. The minimum Gasteiger partial charge on any atom is -0.462 e. The van der Waals surface area contributed by atoms with Gasteiger partial charge in [-0.15, -0.1) is 0 Å². The number of carbonyl (C=O) groups excluding carboxylic acids is 6. The van der Waals surface area contributed by atoms with Gasteiger partial charge in [-0.1, -0.05) is 34.3 Å². The van der Waals surface area contributed by atoms with Gasteiger partial charge in [-0.2, -0.15) is 4.89 Å². The van der Waals surface area contributed by atoms with Crippen molar-refractivity contribution >= 4 is 35.6 Å². The topological polar surface area (TPSA) is 183 Å². The van der Waals surface area contributed by atoms with Crippen molar-refractivity contribution in [1.29, 1.82) is 0 Å². The average Bonchev–Trinajstić information content (AvgIpc) is 3.77. The molecule has 2 aliphatic carbocycles. The molecule has 1 aromatic heterocycles. The maximum Gasteiger partial charge on any atom is 0.374 e. The number of carbonyl (C=O) groups is 6. The fraction of sp³-hybridized carbons (Fsp3) is 0.618. The molecule has 0 unspecified atom stereocenters. The van der Waals surface area contributed by atoms with Crippen molar-refractivity contribution in [2.24, 2.45) is 23.2 Å². The molecule has 0 N–H and O–H groups in total. The minimum atomic E-state index is -1.95. The van der Waals surface area contributed by atoms with Gasteiger partial charge >= 0.3 is 29.8 Å². The summed E-state index contributed by atoms with van der Waals surface area (Å²) in [5.41, 5.74) is -2.84. The largest absolute Gasteiger partial charge is 0.462 e. The summed E-state index contributed by atoms with van der Waals surface area (Å²) in [5.74, 6) is -7.11. The third-order valence-electron chi connectivity index (χ3n) is 9.39. The van der Waals surface area contributed by atoms with E-state index in [0.29, 0.717) is 0 Å². The number of hydrogen-bond donors (Lipinski definition) is 0. The summed E-state index contributed by atoms with van der Waals surface area (Å²) in [6.07, 6.45) is -3.69. The standard InChI is InChI=1S/C34H43NO13/c1-16-14-34(46-22(7)39)26(27(16)43-20(5)37)28(44-21(6)38)17(2)24(42-19(4)36)13-25(47-48-32(41)23-11-10-12-35-15-23)33(8,9)31-29(45-31)18(3)30(34)40/h10-12,15-16,18,24-29,31H,2,13-14H2,1,3-9H3/t16-,18+,24+,25+,26+,27-,28-,29+,31-,34+/m0/s1. The molecule has 0 aromatic carbocycles. The van der Waals surface area contributed by atoms with Gasteiger partial charge in [0.05, 0.1) is 23.7 Å². The number of hydrogen-bond acceptors (Lipinski definition) is 14. The Kier molecular flexibility index (Phi) is 10.8. The number of Topliss-reactive ketones (excluding diaryl/α,β-unsaturated/α-hetero) is 1. The molecule has 14 heteroatoms. The lowest BCUT2D eigenvalue weighted by Gasteiger charge is -2.42. The number of nitrogens with zero attached hydrogens (tertiary/aromatic N) is 1. The summed E-state index contributed by atoms with van der Waals surface area (Å²) in [4.78, 5) is 92.9. The smallest absolute Gasteiger partial charge is 0.374 e. The number of rotatable bonds is 7. The van der Waals surface area contributed by atoms with Crippen LogP contribution >= 0.6 is 0 Å². The predicted molar refractivity (Wildman–Crippen MR) is 163 cm³/mol. The number of aromatic nitrogens is 1. The summed E-state index contributed by atoms with van der Waals surface area (Å²) in [6, 6.07) is 3.04. The van der Waals surface area contributed by atoms with Gasteiger partial charge in [-0.3, -0.25) is 33.8 Å². The molecule has 0 spiro atoms. The van der Waals surface area contributed by atoms with Crippen LogP contribution in [0.3, 0.4) is 0 Å². The average molecular weight is 674 g/mol. The molecule has 2 heterocycles. The quantitative estimate of drug-likeness (QED) is 0.103. The number of epoxide rings is 1. The Morgan fingerprint density at radius 2 is 1.60 bits per heavy atom. The van der Waals surface area contributed by atoms with E-state index >= 15 is 0 Å². The highest BCUT2D eigenvalue weighted by molar-refractivity contribution is 5.93. The molecule has 4 rings (SSSR count). The highest BCUT2D eigenvalue weighted by atomic mass is 17.2. The molecule has 1 aliphatic heterocycles. The van der Waals surface area contributed by atoms with Gasteiger partial charge in [-0.05, 0) is 18.1 Å². The monoisotopic (exact) mass is 673 g/mol. The van der Waals surface area contributed by atoms with E-state index in [1.54, 1.807) is 33.8 Å². The Hall–Kier alpha value is -4.17. The van der Waals surface area contributed by atoms with Crippen LogP contribution in [0.2, 0.25) is 0 Å². The van der Waals surface area contributed by atoms with Gasteiger partial charge in [-0.25, -0.2) is 4.79 Å². The molecule has 48 heavy (non-hydrogen) atoms. The fourth-order valence-electron chi connectivity index (χ4n) is 7.16. The zero-order valence-electron chi connectivity index (χ0n) is 28.4. The van der Waals surface area contributed by atoms with Crippen LogP contribution < -0.4 is 0 Å². The Morgan fingerprint density at radius 3 is 2.17 bits per heavy atom. The van der Waals surface area contributed by atoms with Crippen molar-refractivity contribution < 1.29 is 62.2 Å². The number of fused-ring (bicyclic) bond motifs is 2. The van der Waals surface area contributed by atoms with Crippen molar-refractivity contribution in [2.75, 3.05) is 0 Å². The number of ether oxygens (including phenoxy) is 5. The van der Waals surface area contributed by atoms with E-state index < -0.39 is 101 Å². The first-order chi connectivity index (χ1) is 22.4. The maximum absolute atomic E-state index is 14.7. The Bertz CT molecular complexity index is 1460. The normalized spacial score (nSPS) is 34.2. The van der Waals surface area contributed by atoms with Gasteiger partial charge in [0, 0.05) is 69.8 Å². The molecule has 0 amide bonds. The van der Waals surface area contributed by atoms with Gasteiger partial charge < -0.3 is 23.7 Å². The number of pyridine rings is 1. The summed E-state index contributed by atoms with van der Waals surface area (Å²) in [5, 5.41) is 0. The van der Waals surface area contributed by atoms with Crippen LogP contribution in [0, 0.1) is 23.2 Å². The molecule has 1 saturated heterocycles. The van der Waals surface area contributed by atoms with Crippen LogP contribution in [0.5, 0.6) is 0 Å². The Morgan fingerprint density at radius 1 is 0.958 bits per heavy atom. The van der Waals surface area contributed by atoms with E-state index in [1.165, 1.54) is 32.3 Å². The summed E-state index contributed by atoms with van der Waals surface area (Å²) < 4.78 is 29.4. The minimum absolute atomic E-state index is 0.00884. The zero-order valence-corrected chi connectivity index (χ0v) is 28.4. The molecule has 0 bridgehead atoms. The lowest BCUT2D eigenvalue weighted by atomic mass is 9.70. The van der Waals surface area contributed by atoms with Gasteiger partial charge in [0.15, 0.2) is 11.4 Å². The van der Waals surface area contributed by atoms with Gasteiger partial charge in [0.1, 0.15) is 24.4 Å². The van der Waals surface area contributed by atoms with Crippen molar-refractivity contribution in [3.8, 4) is 0 Å². The van der Waals surface area contributed by atoms with E-state index in [-0.39, 0.29) is 24.0 Å². The lowest BCUT2D eigenvalue weighted by Crippen LogP contribution is -2.58. The van der Waals surface area contributed by atoms with Crippen molar-refractivity contribution in [3.63, 3.8) is 0 Å². The first kappa shape index (κ1) is 36.7. The summed E-state index contributed by atoms with van der Waals surface area (Å²) in [7, 11) is 0. The molecule has 1 aromatic rings. The van der Waals surface area contributed by atoms with E-state index in [2.05, 4.69) is 11.6 Å². The third-order valence-corrected chi connectivity index (χ3v) is 9.39. The van der Waals surface area contributed by atoms with Crippen LogP contribution in [-0.4, -0.2) is 82.8 Å². The second-order valence-electron chi connectivity index (χ2n) is 13.4. The maximum atomic E-state index is 14.7. The molecule has 10 atom stereocenters. The van der Waals surface area contributed by atoms with Crippen LogP contribution in [0.4, 0.5) is 0 Å². The van der Waals surface area contributed by atoms with Crippen LogP contribution in [0.1, 0.15) is 78.6 Å². The van der Waals surface area contributed by atoms with Gasteiger partial charge in [0.2, 0.25) is 0 Å². The Balaban J connectivity index is 1.88. The predicted octanol–water partition coefficient (Wildman–Crippen LogP) is 3.25. The van der Waals surface area contributed by atoms with E-state index in [4.69, 9.17) is 33.5 Å². The van der Waals surface area contributed by atoms with Crippen molar-refractivity contribution in [2.45, 2.75) is 110 Å². The van der Waals surface area contributed by atoms with E-state index in [1.807, 2.05) is 0 Å². The molecular weight excluding hydrogens is 630 g/mol. The van der Waals surface area contributed by atoms with Crippen LogP contribution in [-0.2, 0) is 57.4 Å². The van der Waals surface area contributed by atoms with E-state index in [9.17, 15) is 28.8 Å². The Labute approximate surface area is 278 Å². The summed E-state index contributed by atoms with van der Waals surface area (Å²) in [6.45, 7) is 15.7. The number of esters is 4. The number of ketones is 1. The highest BCUT2D eigenvalue weighted by Gasteiger charge is 2.68. The zero-order chi connectivity index (χ0) is 35.7. The molecule has 262 valence electrons. The third kappa shape index (κ3) is 7.44. The van der Waals surface area contributed by atoms with Crippen molar-refractivity contribution in [1.82, 2.24) is 4.98 Å². The van der Waals surface area contributed by atoms with Crippen LogP contribution in [0.25, 0.3) is 0 Å². The van der Waals surface area contributed by atoms with Crippen molar-refractivity contribution in [3.05, 3.63) is 42.2 Å². The summed E-state index contributed by atoms with van der Waals surface area (Å²) >= 11 is 0. The fourth-order valence-corrected chi connectivity index (χ4v) is 7.16. The second-order valence-corrected chi connectivity index (χ2v) is 13.4. The second kappa shape index (κ2) is 14.1. The van der Waals surface area contributed by atoms with Crippen LogP contribution in [0.15, 0.2) is 36.7 Å². The SMILES string of the molecule is C=C1[C@H](OC(C)=O)C[C@@H](OOC(=O)c2cccnc2)C(C)(C)[C@H]2O[C@@H]2[C@@H](C)C(=O)[C@@]2(OC(C)=O)C[C@H](C)[C@H](OC(C)=O)[C@@H]2[C@H]1OC(C)=O. The molecule has 0 radical (unpaired) electrons. The van der Waals surface area contributed by atoms with Gasteiger partial charge in [0.25, 0.3) is 0 Å². The van der Waals surface area contributed by atoms with E-state index in [0.717, 1.165) is 13.8 Å². The lowest BCUT2D eigenvalue weighted by molar-refractivity contribution is -0.302. The molecule has 3 fully saturated rings. The first-order valence-corrected chi connectivity index (χ1v) is 15.8. The first-order valence-electron chi connectivity index (χ1n) is 15.8. The molecule has 14 nitrogen and oxygen atoms in total. The highest BCUT2D eigenvalue weighted by Crippen LogP contribution is 2.54. The molecular formula is C34H43NO13. The molecule has 3 aliphatic rings.